The smallest absolute Gasteiger partial charge is 0.0781 e. The number of methoxy groups -OCH3 is 1. The van der Waals surface area contributed by atoms with E-state index in [4.69, 9.17) is 52.8 Å². The second-order valence-electron chi connectivity index (χ2n) is 9.30. The number of hydrogen-bond acceptors (Lipinski definition) is 12. The van der Waals surface area contributed by atoms with Crippen LogP contribution >= 0.6 is 0 Å². The van der Waals surface area contributed by atoms with Gasteiger partial charge in [0.05, 0.1) is 129 Å². The van der Waals surface area contributed by atoms with Crippen molar-refractivity contribution in [2.45, 2.75) is 78.2 Å². The van der Waals surface area contributed by atoms with Crippen molar-refractivity contribution in [1.29, 1.82) is 0 Å². The van der Waals surface area contributed by atoms with Crippen molar-refractivity contribution in [2.24, 2.45) is 0 Å². The van der Waals surface area contributed by atoms with Crippen LogP contribution in [0.1, 0.15) is 41.5 Å². The van der Waals surface area contributed by atoms with E-state index in [1.54, 1.807) is 14.0 Å². The van der Waals surface area contributed by atoms with Crippen molar-refractivity contribution in [3.63, 3.8) is 0 Å². The lowest BCUT2D eigenvalue weighted by atomic mass is 10.3. The van der Waals surface area contributed by atoms with Crippen LogP contribution in [0.2, 0.25) is 0 Å². The normalized spacial score (nSPS) is 16.2. The van der Waals surface area contributed by atoms with Crippen LogP contribution in [0.3, 0.4) is 0 Å². The van der Waals surface area contributed by atoms with Gasteiger partial charge in [0.1, 0.15) is 0 Å². The highest BCUT2D eigenvalue weighted by atomic mass is 16.6. The van der Waals surface area contributed by atoms with Gasteiger partial charge in [-0.15, -0.1) is 0 Å². The average Bonchev–Trinajstić information content (AvgIpc) is 2.92. The van der Waals surface area contributed by atoms with Gasteiger partial charge < -0.3 is 58.0 Å². The lowest BCUT2D eigenvalue weighted by Crippen LogP contribution is -2.29. The van der Waals surface area contributed by atoms with E-state index in [1.165, 1.54) is 0 Å². The van der Waals surface area contributed by atoms with Crippen molar-refractivity contribution in [3.05, 3.63) is 0 Å². The van der Waals surface area contributed by atoms with E-state index in [-0.39, 0.29) is 43.7 Å². The Bertz CT molecular complexity index is 460. The molecular weight excluding hydrogens is 516 g/mol. The molecule has 0 aliphatic carbocycles. The summed E-state index contributed by atoms with van der Waals surface area (Å²) in [6, 6.07) is 0. The van der Waals surface area contributed by atoms with E-state index in [1.807, 2.05) is 34.6 Å². The van der Waals surface area contributed by atoms with Crippen LogP contribution in [0, 0.1) is 0 Å². The Morgan fingerprint density at radius 3 is 1.13 bits per heavy atom. The first-order valence-corrected chi connectivity index (χ1v) is 13.9. The van der Waals surface area contributed by atoms with Gasteiger partial charge in [0.2, 0.25) is 0 Å². The molecule has 12 heteroatoms. The SMILES string of the molecule is CC(O)COC(C)COC(C)COC(C)COC(C)COC(C)CO.COCCOCCOCCOCCO. The molecule has 0 bridgehead atoms. The van der Waals surface area contributed by atoms with Gasteiger partial charge in [0.25, 0.3) is 0 Å². The van der Waals surface area contributed by atoms with Crippen molar-refractivity contribution in [2.75, 3.05) is 99.6 Å². The summed E-state index contributed by atoms with van der Waals surface area (Å²) in [5.74, 6) is 0. The molecule has 3 N–H and O–H groups in total. The van der Waals surface area contributed by atoms with Gasteiger partial charge in [-0.05, 0) is 41.5 Å². The summed E-state index contributed by atoms with van der Waals surface area (Å²) >= 11 is 0. The van der Waals surface area contributed by atoms with Crippen LogP contribution in [-0.4, -0.2) is 152 Å². The Kier molecular flexibility index (Phi) is 31.8. The molecule has 0 saturated heterocycles. The standard InChI is InChI=1S/C18H38O7.C9H20O5/c1-13(20)8-21-15(3)10-23-17(5)12-25-18(6)11-24-16(4)9-22-14(2)7-19;1-11-4-5-13-8-9-14-7-6-12-3-2-10/h13-20H,7-12H2,1-6H3;10H,2-9H2,1H3. The molecule has 0 rings (SSSR count). The van der Waals surface area contributed by atoms with Crippen LogP contribution in [0.4, 0.5) is 0 Å². The molecule has 6 atom stereocenters. The molecule has 0 spiro atoms. The fourth-order valence-corrected chi connectivity index (χ4v) is 2.50. The quantitative estimate of drug-likeness (QED) is 0.121. The second kappa shape index (κ2) is 30.5. The minimum Gasteiger partial charge on any atom is -0.394 e. The second-order valence-corrected chi connectivity index (χ2v) is 9.30. The molecule has 0 heterocycles. The van der Waals surface area contributed by atoms with Gasteiger partial charge in [-0.2, -0.15) is 0 Å². The first kappa shape index (κ1) is 40.7. The molecule has 12 nitrogen and oxygen atoms in total. The van der Waals surface area contributed by atoms with Gasteiger partial charge >= 0.3 is 0 Å². The molecule has 0 fully saturated rings. The van der Waals surface area contributed by atoms with Crippen LogP contribution in [0.15, 0.2) is 0 Å². The average molecular weight is 575 g/mol. The summed E-state index contributed by atoms with van der Waals surface area (Å²) < 4.78 is 48.1. The van der Waals surface area contributed by atoms with Crippen LogP contribution in [-0.2, 0) is 42.6 Å². The molecule has 0 radical (unpaired) electrons. The zero-order valence-electron chi connectivity index (χ0n) is 25.4. The fraction of sp³-hybridized carbons (Fsp3) is 1.00. The van der Waals surface area contributed by atoms with Gasteiger partial charge in [0.15, 0.2) is 0 Å². The summed E-state index contributed by atoms with van der Waals surface area (Å²) in [4.78, 5) is 0. The van der Waals surface area contributed by atoms with E-state index >= 15 is 0 Å². The van der Waals surface area contributed by atoms with Crippen LogP contribution < -0.4 is 0 Å². The number of ether oxygens (including phenoxy) is 9. The lowest BCUT2D eigenvalue weighted by molar-refractivity contribution is -0.100. The Morgan fingerprint density at radius 2 is 0.795 bits per heavy atom. The molecule has 6 unspecified atom stereocenters. The molecule has 39 heavy (non-hydrogen) atoms. The van der Waals surface area contributed by atoms with Gasteiger partial charge in [-0.3, -0.25) is 0 Å². The maximum atomic E-state index is 9.17. The number of rotatable bonds is 27. The first-order valence-electron chi connectivity index (χ1n) is 13.9. The fourth-order valence-electron chi connectivity index (χ4n) is 2.50. The highest BCUT2D eigenvalue weighted by Gasteiger charge is 2.12. The van der Waals surface area contributed by atoms with Gasteiger partial charge in [-0.1, -0.05) is 0 Å². The van der Waals surface area contributed by atoms with E-state index < -0.39 is 6.10 Å². The molecule has 0 saturated carbocycles. The Hall–Kier alpha value is -0.480. The minimum absolute atomic E-state index is 0.00675. The largest absolute Gasteiger partial charge is 0.394 e. The number of hydrogen-bond donors (Lipinski definition) is 3. The molecule has 0 amide bonds. The number of aliphatic hydroxyl groups is 3. The molecular formula is C27H58O12. The molecule has 0 aliphatic rings. The van der Waals surface area contributed by atoms with E-state index in [0.29, 0.717) is 79.3 Å². The highest BCUT2D eigenvalue weighted by Crippen LogP contribution is 2.03. The monoisotopic (exact) mass is 574 g/mol. The van der Waals surface area contributed by atoms with Gasteiger partial charge in [0, 0.05) is 7.11 Å². The molecule has 0 aromatic rings. The maximum absolute atomic E-state index is 9.17. The first-order chi connectivity index (χ1) is 18.7. The van der Waals surface area contributed by atoms with Crippen molar-refractivity contribution in [1.82, 2.24) is 0 Å². The lowest BCUT2D eigenvalue weighted by Gasteiger charge is -2.22. The number of aliphatic hydroxyl groups excluding tert-OH is 3. The predicted molar refractivity (Wildman–Crippen MR) is 147 cm³/mol. The summed E-state index contributed by atoms with van der Waals surface area (Å²) in [6.45, 7) is 17.2. The third kappa shape index (κ3) is 33.6. The van der Waals surface area contributed by atoms with Crippen LogP contribution in [0.25, 0.3) is 0 Å². The maximum Gasteiger partial charge on any atom is 0.0781 e. The van der Waals surface area contributed by atoms with E-state index in [9.17, 15) is 5.11 Å². The molecule has 0 aromatic carbocycles. The highest BCUT2D eigenvalue weighted by molar-refractivity contribution is 4.58. The summed E-state index contributed by atoms with van der Waals surface area (Å²) in [5, 5.41) is 26.5. The minimum atomic E-state index is -0.469. The zero-order chi connectivity index (χ0) is 29.7. The Labute approximate surface area is 236 Å². The van der Waals surface area contributed by atoms with Crippen LogP contribution in [0.5, 0.6) is 0 Å². The van der Waals surface area contributed by atoms with Crippen molar-refractivity contribution >= 4 is 0 Å². The summed E-state index contributed by atoms with van der Waals surface area (Å²) in [5.41, 5.74) is 0. The summed E-state index contributed by atoms with van der Waals surface area (Å²) in [6.07, 6.45) is -0.868. The predicted octanol–water partition coefficient (Wildman–Crippen LogP) is 1.06. The molecule has 0 aliphatic heterocycles. The Morgan fingerprint density at radius 1 is 0.462 bits per heavy atom. The zero-order valence-corrected chi connectivity index (χ0v) is 25.4. The molecule has 238 valence electrons. The Balaban J connectivity index is 0. The van der Waals surface area contributed by atoms with Crippen molar-refractivity contribution < 1.29 is 58.0 Å². The third-order valence-electron chi connectivity index (χ3n) is 4.75. The van der Waals surface area contributed by atoms with E-state index in [0.717, 1.165) is 0 Å². The van der Waals surface area contributed by atoms with Crippen molar-refractivity contribution in [3.8, 4) is 0 Å². The van der Waals surface area contributed by atoms with Gasteiger partial charge in [-0.25, -0.2) is 0 Å². The van der Waals surface area contributed by atoms with E-state index in [2.05, 4.69) is 0 Å². The topological polar surface area (TPSA) is 144 Å². The third-order valence-corrected chi connectivity index (χ3v) is 4.75. The molecule has 0 aromatic heterocycles. The summed E-state index contributed by atoms with van der Waals surface area (Å²) in [7, 11) is 1.64.